The second-order valence-electron chi connectivity index (χ2n) is 4.41. The smallest absolute Gasteiger partial charge is 0.129 e. The first kappa shape index (κ1) is 11.9. The molecule has 2 N–H and O–H groups in total. The standard InChI is InChI=1S/C13H16FN3/c1-9-12(14)6-10(8-15)7-13(9)17-11-2-4-16-5-3-11/h6-7,11,16-17H,2-5H2,1H3. The summed E-state index contributed by atoms with van der Waals surface area (Å²) in [5, 5.41) is 15.4. The van der Waals surface area contributed by atoms with Crippen molar-refractivity contribution in [1.82, 2.24) is 5.32 Å². The van der Waals surface area contributed by atoms with Gasteiger partial charge in [-0.05, 0) is 45.0 Å². The van der Waals surface area contributed by atoms with Crippen LogP contribution in [-0.4, -0.2) is 19.1 Å². The van der Waals surface area contributed by atoms with Crippen LogP contribution in [0.2, 0.25) is 0 Å². The Labute approximate surface area is 101 Å². The minimum Gasteiger partial charge on any atom is -0.382 e. The molecule has 0 unspecified atom stereocenters. The average molecular weight is 233 g/mol. The number of anilines is 1. The van der Waals surface area contributed by atoms with Gasteiger partial charge in [0.05, 0.1) is 11.6 Å². The third-order valence-corrected chi connectivity index (χ3v) is 3.17. The lowest BCUT2D eigenvalue weighted by Crippen LogP contribution is -2.35. The van der Waals surface area contributed by atoms with Crippen molar-refractivity contribution >= 4 is 5.69 Å². The second kappa shape index (κ2) is 5.15. The van der Waals surface area contributed by atoms with Crippen molar-refractivity contribution in [3.8, 4) is 6.07 Å². The van der Waals surface area contributed by atoms with Crippen LogP contribution >= 0.6 is 0 Å². The number of rotatable bonds is 2. The normalized spacial score (nSPS) is 16.5. The van der Waals surface area contributed by atoms with E-state index in [0.717, 1.165) is 31.6 Å². The minimum absolute atomic E-state index is 0.319. The SMILES string of the molecule is Cc1c(F)cc(C#N)cc1NC1CCNCC1. The molecule has 1 aliphatic rings. The number of benzene rings is 1. The van der Waals surface area contributed by atoms with Gasteiger partial charge in [0.15, 0.2) is 0 Å². The van der Waals surface area contributed by atoms with Crippen molar-refractivity contribution in [3.63, 3.8) is 0 Å². The number of nitrogens with zero attached hydrogens (tertiary/aromatic N) is 1. The number of nitriles is 1. The van der Waals surface area contributed by atoms with Crippen LogP contribution in [0.5, 0.6) is 0 Å². The largest absolute Gasteiger partial charge is 0.382 e. The number of hydrogen-bond acceptors (Lipinski definition) is 3. The first-order chi connectivity index (χ1) is 8.20. The van der Waals surface area contributed by atoms with Gasteiger partial charge in [-0.15, -0.1) is 0 Å². The lowest BCUT2D eigenvalue weighted by atomic mass is 10.0. The number of hydrogen-bond donors (Lipinski definition) is 2. The first-order valence-electron chi connectivity index (χ1n) is 5.88. The molecule has 1 fully saturated rings. The molecule has 1 aliphatic heterocycles. The van der Waals surface area contributed by atoms with Gasteiger partial charge < -0.3 is 10.6 Å². The number of nitrogens with one attached hydrogen (secondary N) is 2. The van der Waals surface area contributed by atoms with Crippen molar-refractivity contribution < 1.29 is 4.39 Å². The van der Waals surface area contributed by atoms with Gasteiger partial charge in [0, 0.05) is 17.3 Å². The molecule has 0 saturated carbocycles. The van der Waals surface area contributed by atoms with E-state index in [0.29, 0.717) is 17.2 Å². The van der Waals surface area contributed by atoms with Crippen LogP contribution < -0.4 is 10.6 Å². The molecule has 1 aromatic rings. The zero-order chi connectivity index (χ0) is 12.3. The summed E-state index contributed by atoms with van der Waals surface area (Å²) in [6, 6.07) is 5.35. The minimum atomic E-state index is -0.319. The summed E-state index contributed by atoms with van der Waals surface area (Å²) in [7, 11) is 0. The van der Waals surface area contributed by atoms with Gasteiger partial charge >= 0.3 is 0 Å². The van der Waals surface area contributed by atoms with Crippen LogP contribution in [0.4, 0.5) is 10.1 Å². The fourth-order valence-electron chi connectivity index (χ4n) is 2.08. The first-order valence-corrected chi connectivity index (χ1v) is 5.88. The Morgan fingerprint density at radius 1 is 1.41 bits per heavy atom. The van der Waals surface area contributed by atoms with Gasteiger partial charge in [0.25, 0.3) is 0 Å². The van der Waals surface area contributed by atoms with Crippen LogP contribution in [0.1, 0.15) is 24.0 Å². The summed E-state index contributed by atoms with van der Waals surface area (Å²) in [6.07, 6.45) is 2.05. The highest BCUT2D eigenvalue weighted by molar-refractivity contribution is 5.56. The fraction of sp³-hybridized carbons (Fsp3) is 0.462. The van der Waals surface area contributed by atoms with Gasteiger partial charge in [0.1, 0.15) is 5.82 Å². The van der Waals surface area contributed by atoms with Crippen molar-refractivity contribution in [3.05, 3.63) is 29.1 Å². The van der Waals surface area contributed by atoms with Crippen molar-refractivity contribution in [1.29, 1.82) is 5.26 Å². The maximum atomic E-state index is 13.6. The highest BCUT2D eigenvalue weighted by Gasteiger charge is 2.15. The third-order valence-electron chi connectivity index (χ3n) is 3.17. The molecule has 17 heavy (non-hydrogen) atoms. The van der Waals surface area contributed by atoms with Crippen LogP contribution in [0.3, 0.4) is 0 Å². The molecule has 3 nitrogen and oxygen atoms in total. The summed E-state index contributed by atoms with van der Waals surface area (Å²) in [5.41, 5.74) is 1.69. The molecule has 1 heterocycles. The molecule has 0 bridgehead atoms. The summed E-state index contributed by atoms with van der Waals surface area (Å²) in [4.78, 5) is 0. The van der Waals surface area contributed by atoms with E-state index < -0.39 is 0 Å². The molecule has 0 spiro atoms. The predicted octanol–water partition coefficient (Wildman–Crippen LogP) is 2.17. The van der Waals surface area contributed by atoms with Crippen molar-refractivity contribution in [2.45, 2.75) is 25.8 Å². The molecule has 0 atom stereocenters. The van der Waals surface area contributed by atoms with E-state index in [2.05, 4.69) is 10.6 Å². The molecule has 2 rings (SSSR count). The third kappa shape index (κ3) is 2.75. The van der Waals surface area contributed by atoms with Gasteiger partial charge in [-0.3, -0.25) is 0 Å². The molecule has 1 saturated heterocycles. The number of piperidine rings is 1. The Bertz CT molecular complexity index is 445. The fourth-order valence-corrected chi connectivity index (χ4v) is 2.08. The lowest BCUT2D eigenvalue weighted by molar-refractivity contribution is 0.478. The Kier molecular flexibility index (Phi) is 3.60. The van der Waals surface area contributed by atoms with E-state index in [-0.39, 0.29) is 5.82 Å². The number of halogens is 1. The van der Waals surface area contributed by atoms with E-state index in [1.54, 1.807) is 13.0 Å². The van der Waals surface area contributed by atoms with E-state index in [4.69, 9.17) is 5.26 Å². The van der Waals surface area contributed by atoms with Crippen molar-refractivity contribution in [2.24, 2.45) is 0 Å². The summed E-state index contributed by atoms with van der Waals surface area (Å²) in [5.74, 6) is -0.319. The molecule has 0 aliphatic carbocycles. The van der Waals surface area contributed by atoms with Crippen LogP contribution in [0.25, 0.3) is 0 Å². The van der Waals surface area contributed by atoms with Crippen LogP contribution in [0, 0.1) is 24.1 Å². The molecule has 90 valence electrons. The maximum Gasteiger partial charge on any atom is 0.129 e. The molecular weight excluding hydrogens is 217 g/mol. The van der Waals surface area contributed by atoms with Crippen LogP contribution in [-0.2, 0) is 0 Å². The van der Waals surface area contributed by atoms with Crippen molar-refractivity contribution in [2.75, 3.05) is 18.4 Å². The van der Waals surface area contributed by atoms with Gasteiger partial charge in [-0.25, -0.2) is 4.39 Å². The van der Waals surface area contributed by atoms with Crippen LogP contribution in [0.15, 0.2) is 12.1 Å². The zero-order valence-corrected chi connectivity index (χ0v) is 9.89. The monoisotopic (exact) mass is 233 g/mol. The van der Waals surface area contributed by atoms with Gasteiger partial charge in [-0.2, -0.15) is 5.26 Å². The topological polar surface area (TPSA) is 47.9 Å². The highest BCUT2D eigenvalue weighted by atomic mass is 19.1. The molecule has 1 aromatic carbocycles. The molecule has 0 radical (unpaired) electrons. The Balaban J connectivity index is 2.19. The summed E-state index contributed by atoms with van der Waals surface area (Å²) in [6.45, 7) is 3.70. The second-order valence-corrected chi connectivity index (χ2v) is 4.41. The Morgan fingerprint density at radius 3 is 2.76 bits per heavy atom. The van der Waals surface area contributed by atoms with Gasteiger partial charge in [0.2, 0.25) is 0 Å². The Morgan fingerprint density at radius 2 is 2.12 bits per heavy atom. The maximum absolute atomic E-state index is 13.6. The van der Waals surface area contributed by atoms with E-state index in [9.17, 15) is 4.39 Å². The average Bonchev–Trinajstić information content (AvgIpc) is 2.36. The zero-order valence-electron chi connectivity index (χ0n) is 9.89. The van der Waals surface area contributed by atoms with E-state index in [1.807, 2.05) is 6.07 Å². The molecular formula is C13H16FN3. The van der Waals surface area contributed by atoms with E-state index >= 15 is 0 Å². The summed E-state index contributed by atoms with van der Waals surface area (Å²) >= 11 is 0. The lowest BCUT2D eigenvalue weighted by Gasteiger charge is -2.25. The predicted molar refractivity (Wildman–Crippen MR) is 65.4 cm³/mol. The summed E-state index contributed by atoms with van der Waals surface area (Å²) < 4.78 is 13.6. The Hall–Kier alpha value is -1.60. The quantitative estimate of drug-likeness (QED) is 0.823. The molecule has 0 aromatic heterocycles. The van der Waals surface area contributed by atoms with E-state index in [1.165, 1.54) is 6.07 Å². The molecule has 4 heteroatoms. The highest BCUT2D eigenvalue weighted by Crippen LogP contribution is 2.22. The molecule has 0 amide bonds. The van der Waals surface area contributed by atoms with Gasteiger partial charge in [-0.1, -0.05) is 0 Å².